The Morgan fingerprint density at radius 1 is 1.22 bits per heavy atom. The molecule has 0 atom stereocenters. The second-order valence-corrected chi connectivity index (χ2v) is 5.13. The van der Waals surface area contributed by atoms with Crippen LogP contribution in [0.25, 0.3) is 17.0 Å². The van der Waals surface area contributed by atoms with Crippen LogP contribution in [-0.2, 0) is 7.05 Å². The maximum Gasteiger partial charge on any atom is 0.158 e. The van der Waals surface area contributed by atoms with E-state index in [4.69, 9.17) is 0 Å². The van der Waals surface area contributed by atoms with Gasteiger partial charge in [0.25, 0.3) is 0 Å². The van der Waals surface area contributed by atoms with E-state index in [-0.39, 0.29) is 0 Å². The highest BCUT2D eigenvalue weighted by Gasteiger charge is 2.11. The fourth-order valence-corrected chi connectivity index (χ4v) is 2.48. The van der Waals surface area contributed by atoms with Crippen LogP contribution in [0.15, 0.2) is 22.9 Å². The summed E-state index contributed by atoms with van der Waals surface area (Å²) in [7, 11) is 1.91. The van der Waals surface area contributed by atoms with Crippen molar-refractivity contribution in [2.24, 2.45) is 7.05 Å². The van der Waals surface area contributed by atoms with Crippen LogP contribution in [0.2, 0.25) is 0 Å². The van der Waals surface area contributed by atoms with Gasteiger partial charge in [-0.05, 0) is 35.8 Å². The van der Waals surface area contributed by atoms with Crippen LogP contribution >= 0.6 is 15.9 Å². The van der Waals surface area contributed by atoms with Gasteiger partial charge >= 0.3 is 0 Å². The number of aryl methyl sites for hydroxylation is 3. The van der Waals surface area contributed by atoms with Gasteiger partial charge in [-0.15, -0.1) is 0 Å². The lowest BCUT2D eigenvalue weighted by Gasteiger charge is -2.05. The van der Waals surface area contributed by atoms with Gasteiger partial charge in [0.2, 0.25) is 0 Å². The van der Waals surface area contributed by atoms with Gasteiger partial charge in [-0.1, -0.05) is 0 Å². The van der Waals surface area contributed by atoms with Crippen molar-refractivity contribution < 1.29 is 0 Å². The average Bonchev–Trinajstić information content (AvgIpc) is 2.83. The van der Waals surface area contributed by atoms with Crippen molar-refractivity contribution in [1.82, 2.24) is 24.4 Å². The minimum absolute atomic E-state index is 0.810. The zero-order valence-electron chi connectivity index (χ0n) is 10.3. The largest absolute Gasteiger partial charge is 0.265 e. The summed E-state index contributed by atoms with van der Waals surface area (Å²) in [5.41, 5.74) is 4.90. The average molecular weight is 306 g/mol. The molecule has 3 rings (SSSR count). The van der Waals surface area contributed by atoms with E-state index in [0.29, 0.717) is 0 Å². The fourth-order valence-electron chi connectivity index (χ4n) is 2.03. The van der Waals surface area contributed by atoms with E-state index in [9.17, 15) is 0 Å². The van der Waals surface area contributed by atoms with Crippen LogP contribution in [0.1, 0.15) is 11.3 Å². The number of nitrogens with zero attached hydrogens (tertiary/aromatic N) is 5. The van der Waals surface area contributed by atoms with Gasteiger partial charge in [-0.25, -0.2) is 9.50 Å². The van der Waals surface area contributed by atoms with Crippen LogP contribution < -0.4 is 0 Å². The summed E-state index contributed by atoms with van der Waals surface area (Å²) in [6.45, 7) is 4.04. The van der Waals surface area contributed by atoms with Crippen molar-refractivity contribution in [3.05, 3.63) is 34.2 Å². The first-order chi connectivity index (χ1) is 8.56. The molecule has 0 spiro atoms. The third kappa shape index (κ3) is 1.64. The topological polar surface area (TPSA) is 48.0 Å². The number of aromatic nitrogens is 5. The maximum atomic E-state index is 4.66. The van der Waals surface area contributed by atoms with Gasteiger partial charge in [0.05, 0.1) is 17.6 Å². The van der Waals surface area contributed by atoms with E-state index < -0.39 is 0 Å². The molecule has 3 aromatic heterocycles. The standard InChI is InChI=1S/C12H12BrN5/c1-7-6-14-18-8(2)4-9(15-12(7)18)10-5-11(13)16-17(10)3/h4-6H,1-3H3. The molecular weight excluding hydrogens is 294 g/mol. The SMILES string of the molecule is Cc1cnn2c(C)cc(-c3cc(Br)nn3C)nc12. The Bertz CT molecular complexity index is 740. The van der Waals surface area contributed by atoms with Crippen LogP contribution in [0.3, 0.4) is 0 Å². The molecule has 92 valence electrons. The van der Waals surface area contributed by atoms with Crippen molar-refractivity contribution in [3.63, 3.8) is 0 Å². The quantitative estimate of drug-likeness (QED) is 0.694. The van der Waals surface area contributed by atoms with Gasteiger partial charge in [-0.3, -0.25) is 4.68 Å². The summed E-state index contributed by atoms with van der Waals surface area (Å²) in [6.07, 6.45) is 1.83. The van der Waals surface area contributed by atoms with Gasteiger partial charge in [0, 0.05) is 24.4 Å². The molecule has 0 saturated carbocycles. The summed E-state index contributed by atoms with van der Waals surface area (Å²) < 4.78 is 4.47. The number of rotatable bonds is 1. The first-order valence-corrected chi connectivity index (χ1v) is 6.37. The van der Waals surface area contributed by atoms with Crippen molar-refractivity contribution >= 4 is 21.6 Å². The van der Waals surface area contributed by atoms with Crippen LogP contribution in [-0.4, -0.2) is 24.4 Å². The molecule has 0 aromatic carbocycles. The molecule has 0 radical (unpaired) electrons. The Morgan fingerprint density at radius 2 is 2.00 bits per heavy atom. The molecule has 5 nitrogen and oxygen atoms in total. The lowest BCUT2D eigenvalue weighted by Crippen LogP contribution is -2.01. The molecule has 3 aromatic rings. The Morgan fingerprint density at radius 3 is 2.67 bits per heavy atom. The smallest absolute Gasteiger partial charge is 0.158 e. The second kappa shape index (κ2) is 3.91. The summed E-state index contributed by atoms with van der Waals surface area (Å²) in [5, 5.41) is 8.58. The fraction of sp³-hybridized carbons (Fsp3) is 0.250. The predicted octanol–water partition coefficient (Wildman–Crippen LogP) is 2.51. The van der Waals surface area contributed by atoms with E-state index in [0.717, 1.165) is 32.9 Å². The number of hydrogen-bond donors (Lipinski definition) is 0. The molecule has 0 amide bonds. The van der Waals surface area contributed by atoms with E-state index in [1.165, 1.54) is 0 Å². The summed E-state index contributed by atoms with van der Waals surface area (Å²) >= 11 is 3.38. The lowest BCUT2D eigenvalue weighted by molar-refractivity contribution is 0.765. The summed E-state index contributed by atoms with van der Waals surface area (Å²) in [5.74, 6) is 0. The molecule has 6 heteroatoms. The zero-order valence-corrected chi connectivity index (χ0v) is 11.9. The summed E-state index contributed by atoms with van der Waals surface area (Å²) in [4.78, 5) is 4.66. The van der Waals surface area contributed by atoms with Crippen molar-refractivity contribution in [1.29, 1.82) is 0 Å². The molecule has 0 aliphatic rings. The molecular formula is C12H12BrN5. The first kappa shape index (κ1) is 11.4. The van der Waals surface area contributed by atoms with Gasteiger partial charge < -0.3 is 0 Å². The maximum absolute atomic E-state index is 4.66. The summed E-state index contributed by atoms with van der Waals surface area (Å²) in [6, 6.07) is 3.98. The minimum Gasteiger partial charge on any atom is -0.265 e. The van der Waals surface area contributed by atoms with Crippen molar-refractivity contribution in [3.8, 4) is 11.4 Å². The van der Waals surface area contributed by atoms with Crippen molar-refractivity contribution in [2.45, 2.75) is 13.8 Å². The molecule has 0 fully saturated rings. The number of hydrogen-bond acceptors (Lipinski definition) is 3. The molecule has 0 bridgehead atoms. The van der Waals surface area contributed by atoms with Gasteiger partial charge in [-0.2, -0.15) is 10.2 Å². The molecule has 0 unspecified atom stereocenters. The molecule has 18 heavy (non-hydrogen) atoms. The molecule has 0 aliphatic carbocycles. The Hall–Kier alpha value is -1.69. The number of fused-ring (bicyclic) bond motifs is 1. The molecule has 0 aliphatic heterocycles. The monoisotopic (exact) mass is 305 g/mol. The van der Waals surface area contributed by atoms with Crippen LogP contribution in [0.4, 0.5) is 0 Å². The highest BCUT2D eigenvalue weighted by atomic mass is 79.9. The first-order valence-electron chi connectivity index (χ1n) is 5.58. The normalized spacial score (nSPS) is 11.3. The van der Waals surface area contributed by atoms with Crippen LogP contribution in [0, 0.1) is 13.8 Å². The molecule has 3 heterocycles. The van der Waals surface area contributed by atoms with E-state index in [2.05, 4.69) is 31.1 Å². The third-order valence-electron chi connectivity index (χ3n) is 2.94. The van der Waals surface area contributed by atoms with E-state index >= 15 is 0 Å². The third-order valence-corrected chi connectivity index (χ3v) is 3.33. The molecule has 0 N–H and O–H groups in total. The Balaban J connectivity index is 2.30. The Labute approximate surface area is 113 Å². The highest BCUT2D eigenvalue weighted by molar-refractivity contribution is 9.10. The lowest BCUT2D eigenvalue weighted by atomic mass is 10.2. The molecule has 0 saturated heterocycles. The zero-order chi connectivity index (χ0) is 12.9. The van der Waals surface area contributed by atoms with E-state index in [1.54, 1.807) is 0 Å². The predicted molar refractivity (Wildman–Crippen MR) is 72.4 cm³/mol. The van der Waals surface area contributed by atoms with Gasteiger partial charge in [0.15, 0.2) is 5.65 Å². The van der Waals surface area contributed by atoms with Crippen LogP contribution in [0.5, 0.6) is 0 Å². The second-order valence-electron chi connectivity index (χ2n) is 4.32. The van der Waals surface area contributed by atoms with Crippen molar-refractivity contribution in [2.75, 3.05) is 0 Å². The highest BCUT2D eigenvalue weighted by Crippen LogP contribution is 2.23. The van der Waals surface area contributed by atoms with Gasteiger partial charge in [0.1, 0.15) is 4.60 Å². The Kier molecular flexibility index (Phi) is 2.48. The number of halogens is 1. The van der Waals surface area contributed by atoms with E-state index in [1.807, 2.05) is 48.4 Å². The minimum atomic E-state index is 0.810.